The van der Waals surface area contributed by atoms with Gasteiger partial charge in [0.2, 0.25) is 0 Å². The summed E-state index contributed by atoms with van der Waals surface area (Å²) < 4.78 is 77.6. The highest BCUT2D eigenvalue weighted by molar-refractivity contribution is 5.95. The van der Waals surface area contributed by atoms with Gasteiger partial charge in [0.25, 0.3) is 5.91 Å². The number of aromatic nitrogens is 1. The molecule has 1 heterocycles. The Morgan fingerprint density at radius 1 is 1.08 bits per heavy atom. The van der Waals surface area contributed by atoms with Crippen molar-refractivity contribution in [1.82, 2.24) is 10.3 Å². The molecule has 24 heavy (non-hydrogen) atoms. The van der Waals surface area contributed by atoms with Crippen molar-refractivity contribution in [2.75, 3.05) is 6.54 Å². The smallest absolute Gasteiger partial charge is 0.352 e. The summed E-state index contributed by atoms with van der Waals surface area (Å²) in [6, 6.07) is 2.62. The summed E-state index contributed by atoms with van der Waals surface area (Å²) in [5.41, 5.74) is -2.05. The van der Waals surface area contributed by atoms with Gasteiger partial charge >= 0.3 is 6.18 Å². The van der Waals surface area contributed by atoms with E-state index in [1.165, 1.54) is 0 Å². The van der Waals surface area contributed by atoms with Crippen LogP contribution in [0.2, 0.25) is 0 Å². The van der Waals surface area contributed by atoms with Gasteiger partial charge in [-0.1, -0.05) is 6.07 Å². The first-order chi connectivity index (χ1) is 11.2. The summed E-state index contributed by atoms with van der Waals surface area (Å²) in [5.74, 6) is -5.43. The van der Waals surface area contributed by atoms with Gasteiger partial charge in [-0.05, 0) is 24.1 Å². The SMILES string of the molecule is O=C(NCCc1ccc(F)c(F)c1F)c1ccncc1C(F)(F)F. The second kappa shape index (κ2) is 6.90. The molecule has 0 spiro atoms. The number of benzene rings is 1. The van der Waals surface area contributed by atoms with Crippen LogP contribution in [0.4, 0.5) is 26.3 Å². The molecule has 2 rings (SSSR count). The lowest BCUT2D eigenvalue weighted by Crippen LogP contribution is -2.28. The van der Waals surface area contributed by atoms with Gasteiger partial charge in [0.15, 0.2) is 17.5 Å². The van der Waals surface area contributed by atoms with Crippen LogP contribution in [0, 0.1) is 17.5 Å². The number of rotatable bonds is 4. The van der Waals surface area contributed by atoms with Crippen LogP contribution in [0.3, 0.4) is 0 Å². The number of nitrogens with zero attached hydrogens (tertiary/aromatic N) is 1. The number of alkyl halides is 3. The van der Waals surface area contributed by atoms with E-state index in [-0.39, 0.29) is 18.5 Å². The highest BCUT2D eigenvalue weighted by Crippen LogP contribution is 2.31. The standard InChI is InChI=1S/C15H10F6N2O/c16-11-2-1-8(12(17)13(11)18)3-6-23-14(24)9-4-5-22-7-10(9)15(19,20)21/h1-2,4-5,7H,3,6H2,(H,23,24). The van der Waals surface area contributed by atoms with Gasteiger partial charge in [-0.3, -0.25) is 9.78 Å². The Hall–Kier alpha value is -2.58. The maximum absolute atomic E-state index is 13.4. The lowest BCUT2D eigenvalue weighted by molar-refractivity contribution is -0.138. The number of hydrogen-bond donors (Lipinski definition) is 1. The number of halogens is 6. The van der Waals surface area contributed by atoms with Crippen molar-refractivity contribution >= 4 is 5.91 Å². The Morgan fingerprint density at radius 2 is 1.79 bits per heavy atom. The second-order valence-electron chi connectivity index (χ2n) is 4.76. The van der Waals surface area contributed by atoms with Gasteiger partial charge in [-0.25, -0.2) is 13.2 Å². The molecule has 1 amide bonds. The van der Waals surface area contributed by atoms with Crippen LogP contribution < -0.4 is 5.32 Å². The van der Waals surface area contributed by atoms with Crippen molar-refractivity contribution in [2.45, 2.75) is 12.6 Å². The van der Waals surface area contributed by atoms with Crippen molar-refractivity contribution in [1.29, 1.82) is 0 Å². The summed E-state index contributed by atoms with van der Waals surface area (Å²) in [6.45, 7) is -0.263. The molecular weight excluding hydrogens is 338 g/mol. The van der Waals surface area contributed by atoms with E-state index >= 15 is 0 Å². The zero-order valence-electron chi connectivity index (χ0n) is 11.9. The Morgan fingerprint density at radius 3 is 2.46 bits per heavy atom. The quantitative estimate of drug-likeness (QED) is 0.679. The maximum Gasteiger partial charge on any atom is 0.418 e. The zero-order valence-corrected chi connectivity index (χ0v) is 11.9. The number of hydrogen-bond acceptors (Lipinski definition) is 2. The molecule has 0 atom stereocenters. The zero-order chi connectivity index (χ0) is 17.9. The average molecular weight is 348 g/mol. The van der Waals surface area contributed by atoms with Crippen LogP contribution >= 0.6 is 0 Å². The second-order valence-corrected chi connectivity index (χ2v) is 4.76. The molecule has 0 aliphatic heterocycles. The number of carbonyl (C=O) groups excluding carboxylic acids is 1. The Bertz CT molecular complexity index is 760. The molecule has 0 unspecified atom stereocenters. The van der Waals surface area contributed by atoms with Gasteiger partial charge in [0.1, 0.15) is 0 Å². The van der Waals surface area contributed by atoms with Gasteiger partial charge < -0.3 is 5.32 Å². The average Bonchev–Trinajstić information content (AvgIpc) is 2.54. The molecule has 0 bridgehead atoms. The van der Waals surface area contributed by atoms with Crippen LogP contribution in [0.1, 0.15) is 21.5 Å². The van der Waals surface area contributed by atoms with E-state index in [2.05, 4.69) is 10.3 Å². The van der Waals surface area contributed by atoms with Crippen LogP contribution in [-0.2, 0) is 12.6 Å². The van der Waals surface area contributed by atoms with Crippen molar-refractivity contribution in [2.24, 2.45) is 0 Å². The van der Waals surface area contributed by atoms with Crippen molar-refractivity contribution in [3.63, 3.8) is 0 Å². The fourth-order valence-corrected chi connectivity index (χ4v) is 1.98. The molecular formula is C15H10F6N2O. The summed E-state index contributed by atoms with van der Waals surface area (Å²) >= 11 is 0. The van der Waals surface area contributed by atoms with Crippen LogP contribution in [0.15, 0.2) is 30.6 Å². The predicted molar refractivity (Wildman–Crippen MR) is 71.6 cm³/mol. The Kier molecular flexibility index (Phi) is 5.10. The summed E-state index contributed by atoms with van der Waals surface area (Å²) in [7, 11) is 0. The minimum absolute atomic E-state index is 0.208. The predicted octanol–water partition coefficient (Wildman–Crippen LogP) is 3.49. The van der Waals surface area contributed by atoms with E-state index in [0.29, 0.717) is 6.20 Å². The highest BCUT2D eigenvalue weighted by atomic mass is 19.4. The third kappa shape index (κ3) is 3.84. The molecule has 1 aromatic carbocycles. The third-order valence-corrected chi connectivity index (χ3v) is 3.17. The van der Waals surface area contributed by atoms with E-state index in [9.17, 15) is 31.1 Å². The fourth-order valence-electron chi connectivity index (χ4n) is 1.98. The summed E-state index contributed by atoms with van der Waals surface area (Å²) in [4.78, 5) is 15.2. The molecule has 1 N–H and O–H groups in total. The molecule has 0 saturated heterocycles. The first-order valence-electron chi connectivity index (χ1n) is 6.63. The van der Waals surface area contributed by atoms with E-state index in [1.54, 1.807) is 0 Å². The van der Waals surface area contributed by atoms with Crippen molar-refractivity contribution < 1.29 is 31.1 Å². The van der Waals surface area contributed by atoms with Gasteiger partial charge in [0, 0.05) is 18.9 Å². The molecule has 1 aromatic heterocycles. The molecule has 3 nitrogen and oxygen atoms in total. The number of pyridine rings is 1. The summed E-state index contributed by atoms with van der Waals surface area (Å²) in [5, 5.41) is 2.17. The van der Waals surface area contributed by atoms with Gasteiger partial charge in [-0.2, -0.15) is 13.2 Å². The van der Waals surface area contributed by atoms with E-state index in [1.807, 2.05) is 0 Å². The number of amides is 1. The minimum atomic E-state index is -4.76. The number of nitrogens with one attached hydrogen (secondary N) is 1. The summed E-state index contributed by atoms with van der Waals surface area (Å²) in [6.07, 6.45) is -3.43. The van der Waals surface area contributed by atoms with Crippen molar-refractivity contribution in [3.05, 3.63) is 64.7 Å². The monoisotopic (exact) mass is 348 g/mol. The Labute approximate surface area is 132 Å². The lowest BCUT2D eigenvalue weighted by Gasteiger charge is -2.12. The van der Waals surface area contributed by atoms with Crippen LogP contribution in [0.5, 0.6) is 0 Å². The number of carbonyl (C=O) groups is 1. The normalized spacial score (nSPS) is 11.4. The van der Waals surface area contributed by atoms with Gasteiger partial charge in [-0.15, -0.1) is 0 Å². The van der Waals surface area contributed by atoms with E-state index in [4.69, 9.17) is 0 Å². The first-order valence-corrected chi connectivity index (χ1v) is 6.63. The largest absolute Gasteiger partial charge is 0.418 e. The van der Waals surface area contributed by atoms with Crippen molar-refractivity contribution in [3.8, 4) is 0 Å². The topological polar surface area (TPSA) is 42.0 Å². The molecule has 9 heteroatoms. The molecule has 0 aliphatic rings. The highest BCUT2D eigenvalue weighted by Gasteiger charge is 2.35. The molecule has 0 aliphatic carbocycles. The maximum atomic E-state index is 13.4. The molecule has 0 saturated carbocycles. The molecule has 0 radical (unpaired) electrons. The lowest BCUT2D eigenvalue weighted by atomic mass is 10.1. The molecule has 128 valence electrons. The Balaban J connectivity index is 2.06. The third-order valence-electron chi connectivity index (χ3n) is 3.17. The minimum Gasteiger partial charge on any atom is -0.352 e. The van der Waals surface area contributed by atoms with Crippen LogP contribution in [-0.4, -0.2) is 17.4 Å². The van der Waals surface area contributed by atoms with Gasteiger partial charge in [0.05, 0.1) is 11.1 Å². The van der Waals surface area contributed by atoms with Crippen LogP contribution in [0.25, 0.3) is 0 Å². The van der Waals surface area contributed by atoms with E-state index < -0.39 is 40.7 Å². The van der Waals surface area contributed by atoms with E-state index in [0.717, 1.165) is 24.4 Å². The molecule has 2 aromatic rings. The first kappa shape index (κ1) is 17.8. The molecule has 0 fully saturated rings. The fraction of sp³-hybridized carbons (Fsp3) is 0.200.